The standard InChI is InChI=1S/C20H24N4O2S2/c1-11-13(3)28-20-16(11)19(26)22-17(23-20)12(2)24-7-4-15(5-8-24)21-18(25)14-6-9-27-10-14/h6,9-10,12,15H,4-5,7-8H2,1-3H3,(H,21,25)(H,22,23,26). The van der Waals surface area contributed by atoms with Gasteiger partial charge < -0.3 is 10.3 Å². The Morgan fingerprint density at radius 3 is 2.79 bits per heavy atom. The van der Waals surface area contributed by atoms with Crippen LogP contribution in [0.2, 0.25) is 0 Å². The van der Waals surface area contributed by atoms with Crippen LogP contribution in [0, 0.1) is 13.8 Å². The molecule has 3 aromatic rings. The highest BCUT2D eigenvalue weighted by atomic mass is 32.1. The summed E-state index contributed by atoms with van der Waals surface area (Å²) in [5.74, 6) is 0.729. The minimum atomic E-state index is -0.0494. The lowest BCUT2D eigenvalue weighted by Crippen LogP contribution is -2.45. The Kier molecular flexibility index (Phi) is 5.35. The minimum Gasteiger partial charge on any atom is -0.349 e. The Morgan fingerprint density at radius 1 is 1.36 bits per heavy atom. The van der Waals surface area contributed by atoms with Gasteiger partial charge in [-0.2, -0.15) is 11.3 Å². The fraction of sp³-hybridized carbons (Fsp3) is 0.450. The molecule has 1 aliphatic rings. The first-order valence-corrected chi connectivity index (χ1v) is 11.3. The second kappa shape index (κ2) is 7.77. The zero-order valence-corrected chi connectivity index (χ0v) is 17.9. The zero-order chi connectivity index (χ0) is 19.8. The molecule has 4 rings (SSSR count). The maximum Gasteiger partial charge on any atom is 0.259 e. The maximum atomic E-state index is 12.6. The summed E-state index contributed by atoms with van der Waals surface area (Å²) in [6.45, 7) is 7.81. The Labute approximate surface area is 171 Å². The van der Waals surface area contributed by atoms with Gasteiger partial charge in [-0.25, -0.2) is 4.98 Å². The Morgan fingerprint density at radius 2 is 2.11 bits per heavy atom. The molecular formula is C20H24N4O2S2. The van der Waals surface area contributed by atoms with Crippen molar-refractivity contribution in [2.24, 2.45) is 0 Å². The number of nitrogens with one attached hydrogen (secondary N) is 2. The summed E-state index contributed by atoms with van der Waals surface area (Å²) in [7, 11) is 0. The van der Waals surface area contributed by atoms with Gasteiger partial charge in [-0.1, -0.05) is 0 Å². The molecule has 1 atom stereocenters. The summed E-state index contributed by atoms with van der Waals surface area (Å²) in [4.78, 5) is 36.8. The first-order chi connectivity index (χ1) is 13.4. The van der Waals surface area contributed by atoms with Gasteiger partial charge in [0.25, 0.3) is 11.5 Å². The van der Waals surface area contributed by atoms with Gasteiger partial charge in [0.2, 0.25) is 0 Å². The summed E-state index contributed by atoms with van der Waals surface area (Å²) < 4.78 is 0. The molecule has 1 amide bonds. The molecule has 1 aliphatic heterocycles. The van der Waals surface area contributed by atoms with Gasteiger partial charge in [0.15, 0.2) is 0 Å². The van der Waals surface area contributed by atoms with E-state index in [0.717, 1.165) is 52.6 Å². The van der Waals surface area contributed by atoms with Crippen LogP contribution in [0.5, 0.6) is 0 Å². The highest BCUT2D eigenvalue weighted by molar-refractivity contribution is 7.18. The van der Waals surface area contributed by atoms with Crippen molar-refractivity contribution in [3.8, 4) is 0 Å². The average Bonchev–Trinajstić information content (AvgIpc) is 3.31. The zero-order valence-electron chi connectivity index (χ0n) is 16.2. The molecular weight excluding hydrogens is 392 g/mol. The van der Waals surface area contributed by atoms with Crippen molar-refractivity contribution in [3.63, 3.8) is 0 Å². The van der Waals surface area contributed by atoms with E-state index in [4.69, 9.17) is 4.98 Å². The number of H-pyrrole nitrogens is 1. The molecule has 28 heavy (non-hydrogen) atoms. The number of aromatic amines is 1. The highest BCUT2D eigenvalue weighted by Crippen LogP contribution is 2.28. The lowest BCUT2D eigenvalue weighted by Gasteiger charge is -2.35. The predicted octanol–water partition coefficient (Wildman–Crippen LogP) is 3.62. The average molecular weight is 417 g/mol. The van der Waals surface area contributed by atoms with Crippen LogP contribution in [0.3, 0.4) is 0 Å². The van der Waals surface area contributed by atoms with E-state index in [1.54, 1.807) is 11.3 Å². The number of likely N-dealkylation sites (tertiary alicyclic amines) is 1. The van der Waals surface area contributed by atoms with Gasteiger partial charge in [0, 0.05) is 35.0 Å². The van der Waals surface area contributed by atoms with E-state index in [2.05, 4.69) is 22.1 Å². The number of amides is 1. The molecule has 1 unspecified atom stereocenters. The molecule has 0 aromatic carbocycles. The quantitative estimate of drug-likeness (QED) is 0.681. The fourth-order valence-corrected chi connectivity index (χ4v) is 5.41. The van der Waals surface area contributed by atoms with Crippen LogP contribution in [-0.2, 0) is 0 Å². The third kappa shape index (κ3) is 3.64. The van der Waals surface area contributed by atoms with E-state index in [-0.39, 0.29) is 23.6 Å². The molecule has 2 N–H and O–H groups in total. The number of nitrogens with zero attached hydrogens (tertiary/aromatic N) is 2. The second-order valence-electron chi connectivity index (χ2n) is 7.39. The van der Waals surface area contributed by atoms with Crippen LogP contribution in [-0.4, -0.2) is 39.9 Å². The monoisotopic (exact) mass is 416 g/mol. The molecule has 1 saturated heterocycles. The molecule has 0 bridgehead atoms. The van der Waals surface area contributed by atoms with Crippen LogP contribution in [0.4, 0.5) is 0 Å². The SMILES string of the molecule is Cc1sc2nc(C(C)N3CCC(NC(=O)c4ccsc4)CC3)[nH]c(=O)c2c1C. The summed E-state index contributed by atoms with van der Waals surface area (Å²) in [6.07, 6.45) is 1.79. The van der Waals surface area contributed by atoms with E-state index < -0.39 is 0 Å². The molecule has 1 fully saturated rings. The number of hydrogen-bond acceptors (Lipinski definition) is 6. The van der Waals surface area contributed by atoms with E-state index in [9.17, 15) is 9.59 Å². The molecule has 0 saturated carbocycles. The molecule has 148 valence electrons. The Balaban J connectivity index is 1.43. The molecule has 4 heterocycles. The number of piperidine rings is 1. The van der Waals surface area contributed by atoms with E-state index in [1.165, 1.54) is 11.3 Å². The van der Waals surface area contributed by atoms with E-state index in [0.29, 0.717) is 5.39 Å². The minimum absolute atomic E-state index is 0.00707. The van der Waals surface area contributed by atoms with Crippen LogP contribution < -0.4 is 10.9 Å². The van der Waals surface area contributed by atoms with Crippen molar-refractivity contribution >= 4 is 38.8 Å². The van der Waals surface area contributed by atoms with Gasteiger partial charge in [0.05, 0.1) is 11.4 Å². The normalized spacial score (nSPS) is 17.1. The third-order valence-electron chi connectivity index (χ3n) is 5.65. The topological polar surface area (TPSA) is 78.1 Å². The molecule has 6 nitrogen and oxygen atoms in total. The lowest BCUT2D eigenvalue weighted by atomic mass is 10.0. The van der Waals surface area contributed by atoms with Gasteiger partial charge in [-0.3, -0.25) is 14.5 Å². The molecule has 3 aromatic heterocycles. The molecule has 8 heteroatoms. The number of carbonyl (C=O) groups is 1. The van der Waals surface area contributed by atoms with Crippen molar-refractivity contribution in [1.29, 1.82) is 0 Å². The Hall–Kier alpha value is -2.03. The molecule has 0 aliphatic carbocycles. The number of thiophene rings is 2. The number of rotatable bonds is 4. The van der Waals surface area contributed by atoms with Gasteiger partial charge >= 0.3 is 0 Å². The smallest absolute Gasteiger partial charge is 0.259 e. The van der Waals surface area contributed by atoms with Crippen LogP contribution in [0.1, 0.15) is 52.4 Å². The highest BCUT2D eigenvalue weighted by Gasteiger charge is 2.26. The number of fused-ring (bicyclic) bond motifs is 1. The predicted molar refractivity (Wildman–Crippen MR) is 115 cm³/mol. The fourth-order valence-electron chi connectivity index (χ4n) is 3.74. The largest absolute Gasteiger partial charge is 0.349 e. The Bertz CT molecular complexity index is 1050. The van der Waals surface area contributed by atoms with Crippen molar-refractivity contribution in [3.05, 3.63) is 49.0 Å². The van der Waals surface area contributed by atoms with Gasteiger partial charge in [-0.15, -0.1) is 11.3 Å². The van der Waals surface area contributed by atoms with Crippen molar-refractivity contribution in [1.82, 2.24) is 20.2 Å². The van der Waals surface area contributed by atoms with Crippen molar-refractivity contribution in [2.45, 2.75) is 45.7 Å². The number of hydrogen-bond donors (Lipinski definition) is 2. The first-order valence-electron chi connectivity index (χ1n) is 9.51. The summed E-state index contributed by atoms with van der Waals surface area (Å²) in [5, 5.41) is 7.64. The number of aryl methyl sites for hydroxylation is 2. The van der Waals surface area contributed by atoms with E-state index in [1.807, 2.05) is 30.7 Å². The number of carbonyl (C=O) groups excluding carboxylic acids is 1. The summed E-state index contributed by atoms with van der Waals surface area (Å²) >= 11 is 3.11. The van der Waals surface area contributed by atoms with Gasteiger partial charge in [0.1, 0.15) is 10.7 Å². The lowest BCUT2D eigenvalue weighted by molar-refractivity contribution is 0.0894. The second-order valence-corrected chi connectivity index (χ2v) is 9.37. The van der Waals surface area contributed by atoms with Crippen LogP contribution in [0.25, 0.3) is 10.2 Å². The first kappa shape index (κ1) is 19.3. The van der Waals surface area contributed by atoms with Crippen LogP contribution >= 0.6 is 22.7 Å². The molecule has 0 radical (unpaired) electrons. The van der Waals surface area contributed by atoms with Gasteiger partial charge in [-0.05, 0) is 50.6 Å². The van der Waals surface area contributed by atoms with Crippen LogP contribution in [0.15, 0.2) is 21.6 Å². The third-order valence-corrected chi connectivity index (χ3v) is 7.43. The molecule has 0 spiro atoms. The maximum absolute atomic E-state index is 12.6. The van der Waals surface area contributed by atoms with Crippen molar-refractivity contribution in [2.75, 3.05) is 13.1 Å². The summed E-state index contributed by atoms with van der Waals surface area (Å²) in [5.41, 5.74) is 1.71. The summed E-state index contributed by atoms with van der Waals surface area (Å²) in [6, 6.07) is 2.07. The number of aromatic nitrogens is 2. The van der Waals surface area contributed by atoms with E-state index >= 15 is 0 Å². The van der Waals surface area contributed by atoms with Crippen molar-refractivity contribution < 1.29 is 4.79 Å².